The number of benzene rings is 2. The fourth-order valence-electron chi connectivity index (χ4n) is 3.76. The van der Waals surface area contributed by atoms with E-state index in [0.717, 1.165) is 27.8 Å². The number of nitrogens with zero attached hydrogens (tertiary/aromatic N) is 2. The summed E-state index contributed by atoms with van der Waals surface area (Å²) >= 11 is 0. The molecule has 0 aliphatic carbocycles. The van der Waals surface area contributed by atoms with Crippen molar-refractivity contribution in [2.75, 3.05) is 20.7 Å². The van der Waals surface area contributed by atoms with E-state index in [9.17, 15) is 9.59 Å². The zero-order chi connectivity index (χ0) is 21.1. The van der Waals surface area contributed by atoms with Crippen LogP contribution < -0.4 is 10.1 Å². The van der Waals surface area contributed by atoms with Gasteiger partial charge in [-0.1, -0.05) is 30.3 Å². The van der Waals surface area contributed by atoms with E-state index < -0.39 is 0 Å². The topological polar surface area (TPSA) is 86.8 Å². The Morgan fingerprint density at radius 2 is 1.97 bits per heavy atom. The summed E-state index contributed by atoms with van der Waals surface area (Å²) in [6, 6.07) is 16.0. The molecule has 7 heteroatoms. The van der Waals surface area contributed by atoms with Gasteiger partial charge in [-0.05, 0) is 29.3 Å². The molecule has 0 saturated carbocycles. The number of aromatic amines is 1. The van der Waals surface area contributed by atoms with Crippen molar-refractivity contribution in [1.29, 1.82) is 0 Å². The van der Waals surface area contributed by atoms with E-state index in [0.29, 0.717) is 25.1 Å². The Morgan fingerprint density at radius 1 is 1.20 bits per heavy atom. The lowest BCUT2D eigenvalue weighted by molar-refractivity contribution is -0.130. The lowest BCUT2D eigenvalue weighted by Gasteiger charge is -2.21. The monoisotopic (exact) mass is 404 g/mol. The largest absolute Gasteiger partial charge is 0.497 e. The smallest absolute Gasteiger partial charge is 0.267 e. The molecule has 1 atom stereocenters. The number of hydrogen-bond acceptors (Lipinski definition) is 4. The quantitative estimate of drug-likeness (QED) is 0.662. The van der Waals surface area contributed by atoms with Crippen molar-refractivity contribution in [3.05, 3.63) is 65.9 Å². The molecule has 4 rings (SSSR count). The summed E-state index contributed by atoms with van der Waals surface area (Å²) in [5, 5.41) is 9.48. The average Bonchev–Trinajstić information content (AvgIpc) is 3.20. The maximum absolute atomic E-state index is 12.7. The van der Waals surface area contributed by atoms with Crippen LogP contribution in [0.2, 0.25) is 0 Å². The molecule has 0 unspecified atom stereocenters. The van der Waals surface area contributed by atoms with E-state index >= 15 is 0 Å². The predicted octanol–water partition coefficient (Wildman–Crippen LogP) is 3.03. The van der Waals surface area contributed by atoms with Crippen LogP contribution in [0.15, 0.2) is 59.8 Å². The molecule has 0 radical (unpaired) electrons. The highest BCUT2D eigenvalue weighted by Gasteiger charge is 2.24. The second-order valence-corrected chi connectivity index (χ2v) is 7.29. The summed E-state index contributed by atoms with van der Waals surface area (Å²) in [6.07, 6.45) is 2.65. The number of carbonyl (C=O) groups is 2. The number of ether oxygens (including phenoxy) is 1. The number of hydrogen-bond donors (Lipinski definition) is 2. The van der Waals surface area contributed by atoms with Gasteiger partial charge >= 0.3 is 0 Å². The molecule has 7 nitrogen and oxygen atoms in total. The van der Waals surface area contributed by atoms with Crippen molar-refractivity contribution in [3.63, 3.8) is 0 Å². The van der Waals surface area contributed by atoms with Crippen molar-refractivity contribution in [3.8, 4) is 5.75 Å². The van der Waals surface area contributed by atoms with Crippen LogP contribution in [0.5, 0.6) is 5.75 Å². The third-order valence-electron chi connectivity index (χ3n) is 5.45. The van der Waals surface area contributed by atoms with Crippen molar-refractivity contribution < 1.29 is 14.3 Å². The lowest BCUT2D eigenvalue weighted by Crippen LogP contribution is -2.39. The Balaban J connectivity index is 1.61. The van der Waals surface area contributed by atoms with Crippen molar-refractivity contribution in [2.24, 2.45) is 5.10 Å². The van der Waals surface area contributed by atoms with Gasteiger partial charge in [-0.15, -0.1) is 0 Å². The second kappa shape index (κ2) is 8.41. The van der Waals surface area contributed by atoms with Crippen molar-refractivity contribution in [2.45, 2.75) is 18.8 Å². The number of rotatable bonds is 6. The highest BCUT2D eigenvalue weighted by atomic mass is 16.5. The Kier molecular flexibility index (Phi) is 5.52. The zero-order valence-electron chi connectivity index (χ0n) is 17.0. The van der Waals surface area contributed by atoms with Gasteiger partial charge in [0.15, 0.2) is 0 Å². The number of fused-ring (bicyclic) bond motifs is 1. The number of para-hydroxylation sites is 1. The molecule has 0 saturated heterocycles. The third-order valence-corrected chi connectivity index (χ3v) is 5.45. The molecule has 2 heterocycles. The van der Waals surface area contributed by atoms with E-state index in [-0.39, 0.29) is 17.7 Å². The summed E-state index contributed by atoms with van der Waals surface area (Å²) in [7, 11) is 3.21. The molecule has 0 fully saturated rings. The van der Waals surface area contributed by atoms with Gasteiger partial charge in [0.1, 0.15) is 11.5 Å². The Hall–Kier alpha value is -3.61. The van der Waals surface area contributed by atoms with E-state index in [1.165, 1.54) is 5.01 Å². The van der Waals surface area contributed by atoms with Gasteiger partial charge in [-0.2, -0.15) is 5.10 Å². The Morgan fingerprint density at radius 3 is 2.70 bits per heavy atom. The average molecular weight is 404 g/mol. The number of aromatic nitrogens is 1. The first-order valence-electron chi connectivity index (χ1n) is 9.89. The van der Waals surface area contributed by atoms with Gasteiger partial charge in [0, 0.05) is 49.5 Å². The maximum atomic E-state index is 12.7. The predicted molar refractivity (Wildman–Crippen MR) is 116 cm³/mol. The van der Waals surface area contributed by atoms with Gasteiger partial charge in [-0.25, -0.2) is 5.01 Å². The molecule has 0 spiro atoms. The third kappa shape index (κ3) is 3.91. The van der Waals surface area contributed by atoms with Crippen LogP contribution in [0.25, 0.3) is 10.9 Å². The van der Waals surface area contributed by atoms with E-state index in [4.69, 9.17) is 4.74 Å². The normalized spacial score (nSPS) is 15.1. The molecular weight excluding hydrogens is 380 g/mol. The minimum absolute atomic E-state index is 0.0560. The van der Waals surface area contributed by atoms with Gasteiger partial charge < -0.3 is 15.0 Å². The van der Waals surface area contributed by atoms with Crippen LogP contribution in [-0.2, 0) is 9.59 Å². The lowest BCUT2D eigenvalue weighted by atomic mass is 9.90. The fraction of sp³-hybridized carbons (Fsp3) is 0.261. The van der Waals surface area contributed by atoms with Crippen LogP contribution in [-0.4, -0.2) is 48.2 Å². The molecule has 1 aromatic heterocycles. The Labute approximate surface area is 174 Å². The number of nitrogens with one attached hydrogen (secondary N) is 2. The summed E-state index contributed by atoms with van der Waals surface area (Å²) in [4.78, 5) is 27.6. The molecular formula is C23H24N4O3. The van der Waals surface area contributed by atoms with Crippen LogP contribution in [0.1, 0.15) is 29.9 Å². The Bertz CT molecular complexity index is 1100. The standard InChI is InChI=1S/C23H24N4O3/c1-27-22(28)12-11-21(26-27)23(29)25-13-18(15-7-9-16(30-2)10-8-15)19-14-24-20-6-4-3-5-17(19)20/h3-10,14,18,24H,11-13H2,1-2H3,(H,25,29)/t18-/m1/s1. The van der Waals surface area contributed by atoms with Gasteiger partial charge in [-0.3, -0.25) is 9.59 Å². The van der Waals surface area contributed by atoms with Crippen molar-refractivity contribution in [1.82, 2.24) is 15.3 Å². The van der Waals surface area contributed by atoms with Gasteiger partial charge in [0.05, 0.1) is 7.11 Å². The highest BCUT2D eigenvalue weighted by molar-refractivity contribution is 6.39. The second-order valence-electron chi connectivity index (χ2n) is 7.29. The fourth-order valence-corrected chi connectivity index (χ4v) is 3.76. The summed E-state index contributed by atoms with van der Waals surface area (Å²) in [6.45, 7) is 0.406. The van der Waals surface area contributed by atoms with Gasteiger partial charge in [0.25, 0.3) is 5.91 Å². The zero-order valence-corrected chi connectivity index (χ0v) is 17.0. The first-order chi connectivity index (χ1) is 14.6. The highest BCUT2D eigenvalue weighted by Crippen LogP contribution is 2.31. The maximum Gasteiger partial charge on any atom is 0.267 e. The summed E-state index contributed by atoms with van der Waals surface area (Å²) in [5.74, 6) is 0.401. The number of amides is 2. The molecule has 2 amide bonds. The molecule has 1 aliphatic rings. The SMILES string of the molecule is COc1ccc([C@@H](CNC(=O)C2=NN(C)C(=O)CC2)c2c[nH]c3ccccc23)cc1. The van der Waals surface area contributed by atoms with Crippen LogP contribution in [0, 0.1) is 0 Å². The number of H-pyrrole nitrogens is 1. The van der Waals surface area contributed by atoms with Crippen LogP contribution in [0.3, 0.4) is 0 Å². The van der Waals surface area contributed by atoms with E-state index in [1.54, 1.807) is 14.2 Å². The minimum Gasteiger partial charge on any atom is -0.497 e. The molecule has 30 heavy (non-hydrogen) atoms. The van der Waals surface area contributed by atoms with Crippen molar-refractivity contribution >= 4 is 28.4 Å². The number of hydrazone groups is 1. The first-order valence-corrected chi connectivity index (χ1v) is 9.89. The first kappa shape index (κ1) is 19.7. The minimum atomic E-state index is -0.243. The molecule has 1 aliphatic heterocycles. The van der Waals surface area contributed by atoms with E-state index in [1.807, 2.05) is 48.7 Å². The molecule has 2 aromatic carbocycles. The number of carbonyl (C=O) groups excluding carboxylic acids is 2. The van der Waals surface area contributed by atoms with Gasteiger partial charge in [0.2, 0.25) is 5.91 Å². The molecule has 2 N–H and O–H groups in total. The summed E-state index contributed by atoms with van der Waals surface area (Å²) in [5.41, 5.74) is 3.60. The van der Waals surface area contributed by atoms with Crippen LogP contribution >= 0.6 is 0 Å². The number of methoxy groups -OCH3 is 1. The van der Waals surface area contributed by atoms with E-state index in [2.05, 4.69) is 21.5 Å². The molecule has 3 aromatic rings. The summed E-state index contributed by atoms with van der Waals surface area (Å²) < 4.78 is 5.28. The molecule has 0 bridgehead atoms. The van der Waals surface area contributed by atoms with Crippen LogP contribution in [0.4, 0.5) is 0 Å². The molecule has 154 valence electrons.